The first kappa shape index (κ1) is 11.3. The summed E-state index contributed by atoms with van der Waals surface area (Å²) in [5.74, 6) is 0.694. The number of rotatable bonds is 2. The molecule has 0 bridgehead atoms. The number of hydrogen-bond donors (Lipinski definition) is 0. The summed E-state index contributed by atoms with van der Waals surface area (Å²) >= 11 is 3.44. The van der Waals surface area contributed by atoms with Crippen LogP contribution in [0, 0.1) is 0 Å². The van der Waals surface area contributed by atoms with Crippen LogP contribution in [0.3, 0.4) is 0 Å². The first-order valence-electron chi connectivity index (χ1n) is 4.98. The van der Waals surface area contributed by atoms with E-state index >= 15 is 0 Å². The summed E-state index contributed by atoms with van der Waals surface area (Å²) in [4.78, 5) is 15.8. The lowest BCUT2D eigenvalue weighted by atomic mass is 10.0. The molecule has 2 rings (SSSR count). The molecule has 0 unspecified atom stereocenters. The zero-order valence-electron chi connectivity index (χ0n) is 9.43. The van der Waals surface area contributed by atoms with Crippen molar-refractivity contribution in [3.63, 3.8) is 0 Å². The third kappa shape index (κ3) is 1.57. The van der Waals surface area contributed by atoms with Gasteiger partial charge in [-0.15, -0.1) is 0 Å². The quantitative estimate of drug-likeness (QED) is 0.837. The van der Waals surface area contributed by atoms with Gasteiger partial charge < -0.3 is 4.74 Å². The zero-order valence-corrected chi connectivity index (χ0v) is 11.0. The number of carbonyl (C=O) groups is 1. The fourth-order valence-corrected chi connectivity index (χ4v) is 2.70. The summed E-state index contributed by atoms with van der Waals surface area (Å²) in [6, 6.07) is 0. The normalized spacial score (nSPS) is 14.0. The van der Waals surface area contributed by atoms with E-state index in [0.29, 0.717) is 5.88 Å². The highest BCUT2D eigenvalue weighted by molar-refractivity contribution is 9.10. The van der Waals surface area contributed by atoms with Crippen molar-refractivity contribution < 1.29 is 9.53 Å². The number of ether oxygens (including phenoxy) is 1. The average Bonchev–Trinajstić information content (AvgIpc) is 2.57. The second-order valence-electron chi connectivity index (χ2n) is 3.86. The molecule has 1 aliphatic carbocycles. The molecule has 0 N–H and O–H groups in total. The molecule has 0 saturated carbocycles. The van der Waals surface area contributed by atoms with Crippen molar-refractivity contribution in [2.24, 2.45) is 0 Å². The summed E-state index contributed by atoms with van der Waals surface area (Å²) in [5, 5.41) is 0. The van der Waals surface area contributed by atoms with E-state index in [1.54, 1.807) is 20.2 Å². The molecule has 0 radical (unpaired) electrons. The third-order valence-electron chi connectivity index (χ3n) is 2.76. The molecule has 0 fully saturated rings. The van der Waals surface area contributed by atoms with Gasteiger partial charge in [-0.05, 0) is 29.8 Å². The molecule has 3 nitrogen and oxygen atoms in total. The number of pyridine rings is 1. The Balaban J connectivity index is 2.69. The van der Waals surface area contributed by atoms with Crippen LogP contribution in [0.2, 0.25) is 0 Å². The van der Waals surface area contributed by atoms with Crippen molar-refractivity contribution in [2.75, 3.05) is 7.11 Å². The van der Waals surface area contributed by atoms with Crippen LogP contribution in [0.15, 0.2) is 16.2 Å². The Morgan fingerprint density at radius 3 is 2.81 bits per heavy atom. The lowest BCUT2D eigenvalue weighted by Crippen LogP contribution is -1.99. The largest absolute Gasteiger partial charge is 0.481 e. The van der Waals surface area contributed by atoms with E-state index in [1.807, 2.05) is 6.92 Å². The van der Waals surface area contributed by atoms with E-state index < -0.39 is 0 Å². The standard InChI is InChI=1S/C12H12BrNO2/c1-6-4-8-11(10(6)7(2)15)9(13)5-14-12(8)16-3/h5H,4H2,1-3H3. The van der Waals surface area contributed by atoms with Crippen molar-refractivity contribution in [3.8, 4) is 5.88 Å². The Hall–Kier alpha value is -1.16. The first-order valence-corrected chi connectivity index (χ1v) is 5.78. The lowest BCUT2D eigenvalue weighted by Gasteiger charge is -2.08. The molecule has 4 heteroatoms. The summed E-state index contributed by atoms with van der Waals surface area (Å²) < 4.78 is 6.07. The van der Waals surface area contributed by atoms with Crippen LogP contribution in [-0.4, -0.2) is 17.9 Å². The predicted molar refractivity (Wildman–Crippen MR) is 65.5 cm³/mol. The lowest BCUT2D eigenvalue weighted by molar-refractivity contribution is -0.111. The van der Waals surface area contributed by atoms with Crippen LogP contribution >= 0.6 is 15.9 Å². The maximum Gasteiger partial charge on any atom is 0.217 e. The fraction of sp³-hybridized carbons (Fsp3) is 0.333. The monoisotopic (exact) mass is 281 g/mol. The second-order valence-corrected chi connectivity index (χ2v) is 4.71. The van der Waals surface area contributed by atoms with Gasteiger partial charge in [-0.3, -0.25) is 4.79 Å². The van der Waals surface area contributed by atoms with E-state index in [2.05, 4.69) is 20.9 Å². The number of Topliss-reactive ketones (excluding diaryl/α,β-unsaturated/α-hetero) is 1. The van der Waals surface area contributed by atoms with Crippen molar-refractivity contribution in [1.82, 2.24) is 4.98 Å². The molecule has 0 aromatic carbocycles. The number of hydrogen-bond acceptors (Lipinski definition) is 3. The molecule has 1 heterocycles. The highest BCUT2D eigenvalue weighted by atomic mass is 79.9. The average molecular weight is 282 g/mol. The third-order valence-corrected chi connectivity index (χ3v) is 3.36. The molecule has 84 valence electrons. The fourth-order valence-electron chi connectivity index (χ4n) is 2.16. The first-order chi connectivity index (χ1) is 7.56. The van der Waals surface area contributed by atoms with Crippen molar-refractivity contribution in [2.45, 2.75) is 20.3 Å². The molecule has 0 saturated heterocycles. The summed E-state index contributed by atoms with van der Waals surface area (Å²) in [6.45, 7) is 3.57. The van der Waals surface area contributed by atoms with Crippen LogP contribution in [0.5, 0.6) is 5.88 Å². The van der Waals surface area contributed by atoms with Crippen LogP contribution in [-0.2, 0) is 11.2 Å². The second kappa shape index (κ2) is 4.01. The Morgan fingerprint density at radius 1 is 1.56 bits per heavy atom. The summed E-state index contributed by atoms with van der Waals surface area (Å²) in [5.41, 5.74) is 3.81. The van der Waals surface area contributed by atoms with Gasteiger partial charge in [-0.2, -0.15) is 0 Å². The van der Waals surface area contributed by atoms with Gasteiger partial charge >= 0.3 is 0 Å². The molecular weight excluding hydrogens is 270 g/mol. The van der Waals surface area contributed by atoms with Gasteiger partial charge in [0.25, 0.3) is 0 Å². The summed E-state index contributed by atoms with van der Waals surface area (Å²) in [6.07, 6.45) is 2.42. The van der Waals surface area contributed by atoms with Crippen molar-refractivity contribution >= 4 is 27.3 Å². The smallest absolute Gasteiger partial charge is 0.217 e. The number of aromatic nitrogens is 1. The number of methoxy groups -OCH3 is 1. The van der Waals surface area contributed by atoms with Crippen LogP contribution in [0.25, 0.3) is 5.57 Å². The maximum atomic E-state index is 11.6. The van der Waals surface area contributed by atoms with E-state index in [9.17, 15) is 4.79 Å². The van der Waals surface area contributed by atoms with Gasteiger partial charge in [-0.1, -0.05) is 5.57 Å². The van der Waals surface area contributed by atoms with E-state index in [0.717, 1.165) is 33.2 Å². The molecule has 0 aliphatic heterocycles. The van der Waals surface area contributed by atoms with E-state index in [-0.39, 0.29) is 5.78 Å². The zero-order chi connectivity index (χ0) is 11.9. The molecule has 1 aromatic heterocycles. The minimum atomic E-state index is 0.0882. The highest BCUT2D eigenvalue weighted by Crippen LogP contribution is 2.41. The molecule has 1 aromatic rings. The van der Waals surface area contributed by atoms with Crippen LogP contribution in [0.4, 0.5) is 0 Å². The SMILES string of the molecule is COc1ncc(Br)c2c1CC(C)=C2C(C)=O. The van der Waals surface area contributed by atoms with E-state index in [1.165, 1.54) is 0 Å². The number of carbonyl (C=O) groups excluding carboxylic acids is 1. The van der Waals surface area contributed by atoms with Crippen LogP contribution in [0.1, 0.15) is 25.0 Å². The number of allylic oxidation sites excluding steroid dienone is 2. The number of fused-ring (bicyclic) bond motifs is 1. The van der Waals surface area contributed by atoms with Gasteiger partial charge in [0.15, 0.2) is 5.78 Å². The minimum Gasteiger partial charge on any atom is -0.481 e. The van der Waals surface area contributed by atoms with Gasteiger partial charge in [0.1, 0.15) is 0 Å². The van der Waals surface area contributed by atoms with Crippen molar-refractivity contribution in [1.29, 1.82) is 0 Å². The maximum absolute atomic E-state index is 11.6. The number of nitrogens with zero attached hydrogens (tertiary/aromatic N) is 1. The number of halogens is 1. The van der Waals surface area contributed by atoms with Gasteiger partial charge in [0.05, 0.1) is 7.11 Å². The molecule has 16 heavy (non-hydrogen) atoms. The molecule has 0 atom stereocenters. The Morgan fingerprint density at radius 2 is 2.25 bits per heavy atom. The van der Waals surface area contributed by atoms with Crippen molar-refractivity contribution in [3.05, 3.63) is 27.4 Å². The van der Waals surface area contributed by atoms with Gasteiger partial charge in [0.2, 0.25) is 5.88 Å². The van der Waals surface area contributed by atoms with Gasteiger partial charge in [-0.25, -0.2) is 4.98 Å². The molecule has 1 aliphatic rings. The van der Waals surface area contributed by atoms with Gasteiger partial charge in [0, 0.05) is 33.8 Å². The highest BCUT2D eigenvalue weighted by Gasteiger charge is 2.27. The Kier molecular flexibility index (Phi) is 2.84. The van der Waals surface area contributed by atoms with Crippen LogP contribution < -0.4 is 4.74 Å². The van der Waals surface area contributed by atoms with E-state index in [4.69, 9.17) is 4.74 Å². The summed E-state index contributed by atoms with van der Waals surface area (Å²) in [7, 11) is 1.59. The Labute approximate surface area is 103 Å². The molecule has 0 spiro atoms. The number of ketones is 1. The molecular formula is C12H12BrNO2. The minimum absolute atomic E-state index is 0.0882. The molecule has 0 amide bonds. The predicted octanol–water partition coefficient (Wildman–Crippen LogP) is 2.77. The topological polar surface area (TPSA) is 39.2 Å². The Bertz CT molecular complexity index is 506.